The van der Waals surface area contributed by atoms with E-state index in [0.29, 0.717) is 24.7 Å². The van der Waals surface area contributed by atoms with E-state index >= 15 is 0 Å². The minimum Gasteiger partial charge on any atom is -0.486 e. The van der Waals surface area contributed by atoms with Crippen LogP contribution in [-0.2, 0) is 20.7 Å². The van der Waals surface area contributed by atoms with Crippen molar-refractivity contribution in [3.05, 3.63) is 45.9 Å². The molecule has 0 bridgehead atoms. The molecule has 0 unspecified atom stereocenters. The molecule has 29 heavy (non-hydrogen) atoms. The van der Waals surface area contributed by atoms with Gasteiger partial charge in [0.05, 0.1) is 31.0 Å². The first kappa shape index (κ1) is 20.7. The number of aromatic amines is 1. The molecule has 0 fully saturated rings. The highest BCUT2D eigenvalue weighted by atomic mass is 32.2. The van der Waals surface area contributed by atoms with Gasteiger partial charge in [-0.1, -0.05) is 17.8 Å². The van der Waals surface area contributed by atoms with Gasteiger partial charge in [0.25, 0.3) is 5.56 Å². The molecular weight excluding hydrogens is 398 g/mol. The van der Waals surface area contributed by atoms with Crippen LogP contribution in [0.1, 0.15) is 24.2 Å². The van der Waals surface area contributed by atoms with Gasteiger partial charge >= 0.3 is 5.97 Å². The molecule has 0 saturated carbocycles. The number of carbonyl (C=O) groups is 2. The quantitative estimate of drug-likeness (QED) is 0.391. The molecule has 3 rings (SSSR count). The zero-order chi connectivity index (χ0) is 20.8. The van der Waals surface area contributed by atoms with Crippen molar-refractivity contribution >= 4 is 23.6 Å². The molecular formula is C19H21N3O6S. The fourth-order valence-corrected chi connectivity index (χ4v) is 3.40. The number of thioether (sulfide) groups is 1. The Kier molecular flexibility index (Phi) is 6.76. The second-order valence-corrected chi connectivity index (χ2v) is 7.24. The first-order chi connectivity index (χ1) is 13.9. The summed E-state index contributed by atoms with van der Waals surface area (Å²) in [7, 11) is 1.26. The number of rotatable bonds is 7. The monoisotopic (exact) mass is 419 g/mol. The molecule has 2 aromatic rings. The molecule has 1 aliphatic rings. The smallest absolute Gasteiger partial charge is 0.311 e. The highest BCUT2D eigenvalue weighted by molar-refractivity contribution is 7.99. The predicted molar refractivity (Wildman–Crippen MR) is 105 cm³/mol. The first-order valence-corrected chi connectivity index (χ1v) is 9.92. The van der Waals surface area contributed by atoms with E-state index in [1.807, 2.05) is 25.1 Å². The summed E-state index contributed by atoms with van der Waals surface area (Å²) < 4.78 is 15.6. The molecule has 1 aliphatic heterocycles. The van der Waals surface area contributed by atoms with Gasteiger partial charge in [-0.25, -0.2) is 4.98 Å². The molecule has 1 atom stereocenters. The third-order valence-corrected chi connectivity index (χ3v) is 4.98. The van der Waals surface area contributed by atoms with Gasteiger partial charge in [-0.15, -0.1) is 0 Å². The second-order valence-electron chi connectivity index (χ2n) is 6.28. The Balaban J connectivity index is 1.57. The number of hydrogen-bond acceptors (Lipinski definition) is 8. The van der Waals surface area contributed by atoms with E-state index in [-0.39, 0.29) is 35.0 Å². The lowest BCUT2D eigenvalue weighted by atomic mass is 10.1. The molecule has 0 saturated heterocycles. The number of benzene rings is 1. The number of fused-ring (bicyclic) bond motifs is 1. The lowest BCUT2D eigenvalue weighted by molar-refractivity contribution is -0.139. The molecule has 0 aliphatic carbocycles. The Morgan fingerprint density at radius 1 is 1.28 bits per heavy atom. The number of amides is 1. The highest BCUT2D eigenvalue weighted by Gasteiger charge is 2.16. The largest absolute Gasteiger partial charge is 0.486 e. The van der Waals surface area contributed by atoms with Gasteiger partial charge < -0.3 is 24.5 Å². The van der Waals surface area contributed by atoms with E-state index < -0.39 is 11.5 Å². The van der Waals surface area contributed by atoms with Crippen LogP contribution in [0.4, 0.5) is 0 Å². The van der Waals surface area contributed by atoms with E-state index in [1.54, 1.807) is 0 Å². The summed E-state index contributed by atoms with van der Waals surface area (Å²) in [6.45, 7) is 2.88. The van der Waals surface area contributed by atoms with Crippen molar-refractivity contribution in [1.29, 1.82) is 0 Å². The Labute approximate surface area is 171 Å². The molecule has 0 spiro atoms. The van der Waals surface area contributed by atoms with Crippen molar-refractivity contribution in [2.75, 3.05) is 26.1 Å². The van der Waals surface area contributed by atoms with E-state index in [1.165, 1.54) is 13.2 Å². The lowest BCUT2D eigenvalue weighted by Crippen LogP contribution is -2.28. The Bertz CT molecular complexity index is 961. The number of methoxy groups -OCH3 is 1. The average Bonchev–Trinajstić information content (AvgIpc) is 2.71. The standard InChI is InChI=1S/C19H21N3O6S/c1-11(12-3-4-14-15(7-12)28-6-5-27-14)20-17(24)10-29-19-21-13(8-16(23)22-19)9-18(25)26-2/h3-4,7-8,11H,5-6,9-10H2,1-2H3,(H,20,24)(H,21,22,23)/t11-/m0/s1. The van der Waals surface area contributed by atoms with Crippen LogP contribution in [0.2, 0.25) is 0 Å². The minimum atomic E-state index is -0.495. The number of esters is 1. The molecule has 2 N–H and O–H groups in total. The third kappa shape index (κ3) is 5.74. The summed E-state index contributed by atoms with van der Waals surface area (Å²) in [6, 6.07) is 6.54. The molecule has 9 nitrogen and oxygen atoms in total. The number of hydrogen-bond donors (Lipinski definition) is 2. The molecule has 1 aromatic carbocycles. The Morgan fingerprint density at radius 2 is 2.03 bits per heavy atom. The van der Waals surface area contributed by atoms with Crippen LogP contribution in [0.15, 0.2) is 34.2 Å². The van der Waals surface area contributed by atoms with Crippen LogP contribution in [-0.4, -0.2) is 47.9 Å². The fraction of sp³-hybridized carbons (Fsp3) is 0.368. The van der Waals surface area contributed by atoms with Crippen LogP contribution in [0.25, 0.3) is 0 Å². The van der Waals surface area contributed by atoms with Gasteiger partial charge in [0.2, 0.25) is 5.91 Å². The number of aromatic nitrogens is 2. The van der Waals surface area contributed by atoms with Gasteiger partial charge in [0.1, 0.15) is 13.2 Å². The van der Waals surface area contributed by atoms with Crippen molar-refractivity contribution in [3.63, 3.8) is 0 Å². The highest BCUT2D eigenvalue weighted by Crippen LogP contribution is 2.32. The van der Waals surface area contributed by atoms with Gasteiger partial charge in [-0.3, -0.25) is 14.4 Å². The topological polar surface area (TPSA) is 120 Å². The van der Waals surface area contributed by atoms with Crippen molar-refractivity contribution in [1.82, 2.24) is 15.3 Å². The fourth-order valence-electron chi connectivity index (χ4n) is 2.69. The summed E-state index contributed by atoms with van der Waals surface area (Å²) >= 11 is 1.08. The van der Waals surface area contributed by atoms with Crippen molar-refractivity contribution < 1.29 is 23.8 Å². The van der Waals surface area contributed by atoms with Crippen LogP contribution >= 0.6 is 11.8 Å². The van der Waals surface area contributed by atoms with Crippen LogP contribution < -0.4 is 20.3 Å². The minimum absolute atomic E-state index is 0.0551. The summed E-state index contributed by atoms with van der Waals surface area (Å²) in [4.78, 5) is 42.1. The van der Waals surface area contributed by atoms with E-state index in [4.69, 9.17) is 9.47 Å². The zero-order valence-corrected chi connectivity index (χ0v) is 16.8. The van der Waals surface area contributed by atoms with Gasteiger partial charge in [0.15, 0.2) is 16.7 Å². The molecule has 0 radical (unpaired) electrons. The Morgan fingerprint density at radius 3 is 2.79 bits per heavy atom. The molecule has 154 valence electrons. The number of H-pyrrole nitrogens is 1. The normalized spacial score (nSPS) is 13.4. The number of carbonyl (C=O) groups excluding carboxylic acids is 2. The van der Waals surface area contributed by atoms with Crippen molar-refractivity contribution in [2.45, 2.75) is 24.5 Å². The number of ether oxygens (including phenoxy) is 3. The van der Waals surface area contributed by atoms with Crippen LogP contribution in [0, 0.1) is 0 Å². The third-order valence-electron chi connectivity index (χ3n) is 4.11. The summed E-state index contributed by atoms with van der Waals surface area (Å²) in [5.41, 5.74) is 0.777. The summed E-state index contributed by atoms with van der Waals surface area (Å²) in [5.74, 6) is 0.687. The number of nitrogens with zero attached hydrogens (tertiary/aromatic N) is 1. The van der Waals surface area contributed by atoms with Crippen molar-refractivity contribution in [2.24, 2.45) is 0 Å². The van der Waals surface area contributed by atoms with E-state index in [0.717, 1.165) is 17.3 Å². The molecule has 1 aromatic heterocycles. The van der Waals surface area contributed by atoms with Gasteiger partial charge in [-0.05, 0) is 24.6 Å². The second kappa shape index (κ2) is 9.46. The molecule has 10 heteroatoms. The maximum absolute atomic E-state index is 12.3. The van der Waals surface area contributed by atoms with Gasteiger partial charge in [0, 0.05) is 6.07 Å². The maximum atomic E-state index is 12.3. The number of nitrogens with one attached hydrogen (secondary N) is 2. The van der Waals surface area contributed by atoms with Crippen molar-refractivity contribution in [3.8, 4) is 11.5 Å². The summed E-state index contributed by atoms with van der Waals surface area (Å²) in [5, 5.41) is 3.16. The first-order valence-electron chi connectivity index (χ1n) is 8.93. The SMILES string of the molecule is COC(=O)Cc1cc(=O)[nH]c(SCC(=O)N[C@@H](C)c2ccc3c(c2)OCCO3)n1. The predicted octanol–water partition coefficient (Wildman–Crippen LogP) is 1.23. The summed E-state index contributed by atoms with van der Waals surface area (Å²) in [6.07, 6.45) is -0.110. The molecule has 2 heterocycles. The average molecular weight is 419 g/mol. The van der Waals surface area contributed by atoms with E-state index in [9.17, 15) is 14.4 Å². The van der Waals surface area contributed by atoms with Gasteiger partial charge in [-0.2, -0.15) is 0 Å². The zero-order valence-electron chi connectivity index (χ0n) is 16.0. The van der Waals surface area contributed by atoms with Crippen LogP contribution in [0.3, 0.4) is 0 Å². The molecule has 1 amide bonds. The Hall–Kier alpha value is -3.01. The lowest BCUT2D eigenvalue weighted by Gasteiger charge is -2.21. The van der Waals surface area contributed by atoms with Crippen LogP contribution in [0.5, 0.6) is 11.5 Å². The van der Waals surface area contributed by atoms with E-state index in [2.05, 4.69) is 20.0 Å². The maximum Gasteiger partial charge on any atom is 0.311 e.